The van der Waals surface area contributed by atoms with E-state index in [4.69, 9.17) is 9.47 Å². The lowest BCUT2D eigenvalue weighted by atomic mass is 9.94. The van der Waals surface area contributed by atoms with Crippen molar-refractivity contribution in [1.82, 2.24) is 0 Å². The van der Waals surface area contributed by atoms with E-state index in [9.17, 15) is 5.11 Å². The standard InChI is InChI=1S/C14H22O3/c1-6-7-10-8-13(17-5)11(14(2,3)15)9-12(10)16-4/h8-9,15H,6-7H2,1-5H3. The smallest absolute Gasteiger partial charge is 0.125 e. The van der Waals surface area contributed by atoms with Crippen molar-refractivity contribution < 1.29 is 14.6 Å². The van der Waals surface area contributed by atoms with Crippen molar-refractivity contribution in [2.75, 3.05) is 14.2 Å². The van der Waals surface area contributed by atoms with Crippen molar-refractivity contribution in [2.24, 2.45) is 0 Å². The Morgan fingerprint density at radius 2 is 1.71 bits per heavy atom. The Labute approximate surface area is 103 Å². The SMILES string of the molecule is CCCc1cc(OC)c(C(C)(C)O)cc1OC. The van der Waals surface area contributed by atoms with Gasteiger partial charge in [0.1, 0.15) is 11.5 Å². The molecule has 0 saturated carbocycles. The third kappa shape index (κ3) is 3.13. The number of hydrogen-bond donors (Lipinski definition) is 1. The molecule has 1 aromatic carbocycles. The number of aliphatic hydroxyl groups is 1. The molecular formula is C14H22O3. The molecule has 0 bridgehead atoms. The summed E-state index contributed by atoms with van der Waals surface area (Å²) in [4.78, 5) is 0. The number of benzene rings is 1. The summed E-state index contributed by atoms with van der Waals surface area (Å²) in [5.74, 6) is 1.52. The minimum atomic E-state index is -0.941. The van der Waals surface area contributed by atoms with Crippen LogP contribution in [0.4, 0.5) is 0 Å². The van der Waals surface area contributed by atoms with Crippen LogP contribution in [0.2, 0.25) is 0 Å². The third-order valence-corrected chi connectivity index (χ3v) is 2.78. The minimum Gasteiger partial charge on any atom is -0.496 e. The second kappa shape index (κ2) is 5.41. The third-order valence-electron chi connectivity index (χ3n) is 2.78. The summed E-state index contributed by atoms with van der Waals surface area (Å²) in [5.41, 5.74) is 0.917. The van der Waals surface area contributed by atoms with E-state index < -0.39 is 5.60 Å². The molecule has 1 aromatic rings. The summed E-state index contributed by atoms with van der Waals surface area (Å²) in [6.07, 6.45) is 1.98. The maximum absolute atomic E-state index is 10.1. The van der Waals surface area contributed by atoms with Crippen molar-refractivity contribution in [3.05, 3.63) is 23.3 Å². The van der Waals surface area contributed by atoms with Crippen molar-refractivity contribution in [2.45, 2.75) is 39.2 Å². The average Bonchev–Trinajstić information content (AvgIpc) is 2.27. The monoisotopic (exact) mass is 238 g/mol. The van der Waals surface area contributed by atoms with E-state index in [2.05, 4.69) is 6.92 Å². The summed E-state index contributed by atoms with van der Waals surface area (Å²) < 4.78 is 10.7. The fourth-order valence-electron chi connectivity index (χ4n) is 1.90. The van der Waals surface area contributed by atoms with Crippen LogP contribution in [0.25, 0.3) is 0 Å². The van der Waals surface area contributed by atoms with Gasteiger partial charge in [0.05, 0.1) is 19.8 Å². The molecule has 0 spiro atoms. The Morgan fingerprint density at radius 3 is 2.12 bits per heavy atom. The summed E-state index contributed by atoms with van der Waals surface area (Å²) in [5, 5.41) is 10.1. The Balaban J connectivity index is 3.33. The van der Waals surface area contributed by atoms with Gasteiger partial charge in [0.25, 0.3) is 0 Å². The molecule has 0 aliphatic carbocycles. The predicted molar refractivity (Wildman–Crippen MR) is 68.8 cm³/mol. The first-order chi connectivity index (χ1) is 7.93. The second-order valence-electron chi connectivity index (χ2n) is 4.67. The first-order valence-electron chi connectivity index (χ1n) is 5.91. The zero-order valence-electron chi connectivity index (χ0n) is 11.3. The highest BCUT2D eigenvalue weighted by Gasteiger charge is 2.23. The average molecular weight is 238 g/mol. The number of hydrogen-bond acceptors (Lipinski definition) is 3. The highest BCUT2D eigenvalue weighted by molar-refractivity contribution is 5.48. The van der Waals surface area contributed by atoms with E-state index in [0.29, 0.717) is 5.75 Å². The van der Waals surface area contributed by atoms with Gasteiger partial charge in [-0.1, -0.05) is 13.3 Å². The van der Waals surface area contributed by atoms with Crippen LogP contribution >= 0.6 is 0 Å². The molecule has 17 heavy (non-hydrogen) atoms. The van der Waals surface area contributed by atoms with Crippen LogP contribution in [0.15, 0.2) is 12.1 Å². The van der Waals surface area contributed by atoms with Crippen LogP contribution in [-0.2, 0) is 12.0 Å². The summed E-state index contributed by atoms with van der Waals surface area (Å²) in [6, 6.07) is 3.82. The largest absolute Gasteiger partial charge is 0.496 e. The van der Waals surface area contributed by atoms with Gasteiger partial charge in [0.2, 0.25) is 0 Å². The second-order valence-corrected chi connectivity index (χ2v) is 4.67. The molecule has 1 N–H and O–H groups in total. The van der Waals surface area contributed by atoms with Crippen LogP contribution < -0.4 is 9.47 Å². The molecule has 3 heteroatoms. The van der Waals surface area contributed by atoms with Crippen molar-refractivity contribution >= 4 is 0 Å². The molecule has 0 atom stereocenters. The number of aryl methyl sites for hydroxylation is 1. The first kappa shape index (κ1) is 13.8. The Kier molecular flexibility index (Phi) is 4.40. The van der Waals surface area contributed by atoms with Gasteiger partial charge >= 0.3 is 0 Å². The van der Waals surface area contributed by atoms with Crippen LogP contribution in [0.1, 0.15) is 38.3 Å². The highest BCUT2D eigenvalue weighted by Crippen LogP contribution is 2.35. The zero-order chi connectivity index (χ0) is 13.1. The molecule has 0 saturated heterocycles. The molecule has 1 rings (SSSR count). The Morgan fingerprint density at radius 1 is 1.12 bits per heavy atom. The fourth-order valence-corrected chi connectivity index (χ4v) is 1.90. The molecule has 0 unspecified atom stereocenters. The Bertz CT molecular complexity index is 378. The molecular weight excluding hydrogens is 216 g/mol. The van der Waals surface area contributed by atoms with Crippen LogP contribution in [-0.4, -0.2) is 19.3 Å². The van der Waals surface area contributed by atoms with E-state index >= 15 is 0 Å². The van der Waals surface area contributed by atoms with Crippen LogP contribution in [0.5, 0.6) is 11.5 Å². The molecule has 0 heterocycles. The maximum Gasteiger partial charge on any atom is 0.125 e. The maximum atomic E-state index is 10.1. The van der Waals surface area contributed by atoms with Crippen LogP contribution in [0, 0.1) is 0 Å². The normalized spacial score (nSPS) is 11.4. The zero-order valence-corrected chi connectivity index (χ0v) is 11.3. The Hall–Kier alpha value is -1.22. The molecule has 0 aliphatic heterocycles. The molecule has 0 amide bonds. The summed E-state index contributed by atoms with van der Waals surface area (Å²) in [6.45, 7) is 5.60. The van der Waals surface area contributed by atoms with Crippen molar-refractivity contribution in [1.29, 1.82) is 0 Å². The number of rotatable bonds is 5. The summed E-state index contributed by atoms with van der Waals surface area (Å²) >= 11 is 0. The minimum absolute atomic E-state index is 0.710. The van der Waals surface area contributed by atoms with Gasteiger partial charge in [-0.15, -0.1) is 0 Å². The molecule has 96 valence electrons. The molecule has 0 radical (unpaired) electrons. The van der Waals surface area contributed by atoms with Gasteiger partial charge in [-0.25, -0.2) is 0 Å². The first-order valence-corrected chi connectivity index (χ1v) is 5.91. The van der Waals surface area contributed by atoms with Gasteiger partial charge in [0.15, 0.2) is 0 Å². The molecule has 0 aliphatic rings. The quantitative estimate of drug-likeness (QED) is 0.857. The van der Waals surface area contributed by atoms with Gasteiger partial charge in [0, 0.05) is 5.56 Å². The lowest BCUT2D eigenvalue weighted by Gasteiger charge is -2.23. The van der Waals surface area contributed by atoms with E-state index in [1.807, 2.05) is 12.1 Å². The van der Waals surface area contributed by atoms with E-state index in [1.165, 1.54) is 0 Å². The lowest BCUT2D eigenvalue weighted by molar-refractivity contribution is 0.0753. The van der Waals surface area contributed by atoms with Gasteiger partial charge in [-0.3, -0.25) is 0 Å². The highest BCUT2D eigenvalue weighted by atomic mass is 16.5. The lowest BCUT2D eigenvalue weighted by Crippen LogP contribution is -2.17. The molecule has 0 fully saturated rings. The van der Waals surface area contributed by atoms with E-state index in [-0.39, 0.29) is 0 Å². The van der Waals surface area contributed by atoms with Gasteiger partial charge in [-0.2, -0.15) is 0 Å². The molecule has 3 nitrogen and oxygen atoms in total. The molecule has 0 aromatic heterocycles. The van der Waals surface area contributed by atoms with Gasteiger partial charge < -0.3 is 14.6 Å². The number of ether oxygens (including phenoxy) is 2. The number of methoxy groups -OCH3 is 2. The predicted octanol–water partition coefficient (Wildman–Crippen LogP) is 2.88. The van der Waals surface area contributed by atoms with Crippen molar-refractivity contribution in [3.63, 3.8) is 0 Å². The van der Waals surface area contributed by atoms with E-state index in [0.717, 1.165) is 29.7 Å². The fraction of sp³-hybridized carbons (Fsp3) is 0.571. The van der Waals surface area contributed by atoms with Crippen LogP contribution in [0.3, 0.4) is 0 Å². The van der Waals surface area contributed by atoms with E-state index in [1.54, 1.807) is 28.1 Å². The topological polar surface area (TPSA) is 38.7 Å². The van der Waals surface area contributed by atoms with Crippen molar-refractivity contribution in [3.8, 4) is 11.5 Å². The summed E-state index contributed by atoms with van der Waals surface area (Å²) in [7, 11) is 3.27. The van der Waals surface area contributed by atoms with Gasteiger partial charge in [-0.05, 0) is 38.0 Å².